The molecule has 0 bridgehead atoms. The van der Waals surface area contributed by atoms with E-state index in [0.717, 1.165) is 50.0 Å². The second kappa shape index (κ2) is 11.1. The third-order valence-electron chi connectivity index (χ3n) is 10.1. The van der Waals surface area contributed by atoms with Gasteiger partial charge in [0, 0.05) is 22.1 Å². The fraction of sp³-hybridized carbons (Fsp3) is 0.0652. The lowest BCUT2D eigenvalue weighted by molar-refractivity contribution is 0.661. The summed E-state index contributed by atoms with van der Waals surface area (Å²) in [6.07, 6.45) is 0. The van der Waals surface area contributed by atoms with Gasteiger partial charge in [-0.3, -0.25) is 0 Å². The number of nitriles is 1. The highest BCUT2D eigenvalue weighted by molar-refractivity contribution is 5.99. The number of benzene rings is 7. The quantitative estimate of drug-likeness (QED) is 0.195. The molecule has 0 fully saturated rings. The molecule has 1 aromatic heterocycles. The molecule has 8 aromatic rings. The average Bonchev–Trinajstić information content (AvgIpc) is 3.38. The number of hydrogen-bond donors (Lipinski definition) is 0. The van der Waals surface area contributed by atoms with Crippen molar-refractivity contribution < 1.29 is 0 Å². The molecule has 0 saturated carbocycles. The number of hydrogen-bond acceptors (Lipinski definition) is 3. The maximum atomic E-state index is 9.20. The molecule has 0 unspecified atom stereocenters. The zero-order valence-electron chi connectivity index (χ0n) is 27.3. The summed E-state index contributed by atoms with van der Waals surface area (Å²) in [5, 5.41) is 14.0. The second-order valence-corrected chi connectivity index (χ2v) is 13.4. The van der Waals surface area contributed by atoms with Crippen LogP contribution in [0.2, 0.25) is 0 Å². The third kappa shape index (κ3) is 4.81. The van der Waals surface area contributed by atoms with Crippen molar-refractivity contribution in [3.63, 3.8) is 0 Å². The van der Waals surface area contributed by atoms with Gasteiger partial charge in [-0.25, -0.2) is 9.97 Å². The molecule has 1 aliphatic carbocycles. The Labute approximate surface area is 285 Å². The van der Waals surface area contributed by atoms with Crippen LogP contribution in [0.25, 0.3) is 77.7 Å². The van der Waals surface area contributed by atoms with Gasteiger partial charge in [0.1, 0.15) is 0 Å². The fourth-order valence-electron chi connectivity index (χ4n) is 7.46. The molecular weight excluding hydrogens is 595 g/mol. The molecule has 0 saturated heterocycles. The van der Waals surface area contributed by atoms with Crippen molar-refractivity contribution in [3.05, 3.63) is 168 Å². The van der Waals surface area contributed by atoms with E-state index < -0.39 is 0 Å². The first-order valence-corrected chi connectivity index (χ1v) is 16.6. The van der Waals surface area contributed by atoms with Gasteiger partial charge >= 0.3 is 0 Å². The lowest BCUT2D eigenvalue weighted by atomic mass is 9.81. The van der Waals surface area contributed by atoms with Crippen molar-refractivity contribution >= 4 is 21.5 Å². The first-order valence-electron chi connectivity index (χ1n) is 16.6. The van der Waals surface area contributed by atoms with Crippen LogP contribution in [-0.4, -0.2) is 9.97 Å². The van der Waals surface area contributed by atoms with Gasteiger partial charge in [-0.15, -0.1) is 0 Å². The van der Waals surface area contributed by atoms with E-state index >= 15 is 0 Å². The molecule has 49 heavy (non-hydrogen) atoms. The molecule has 0 spiro atoms. The summed E-state index contributed by atoms with van der Waals surface area (Å²) in [5.41, 5.74) is 12.9. The Kier molecular flexibility index (Phi) is 6.54. The van der Waals surface area contributed by atoms with Gasteiger partial charge in [0.05, 0.1) is 23.0 Å². The summed E-state index contributed by atoms with van der Waals surface area (Å²) < 4.78 is 0. The number of rotatable bonds is 4. The van der Waals surface area contributed by atoms with Crippen molar-refractivity contribution in [1.29, 1.82) is 5.26 Å². The molecule has 9 rings (SSSR count). The molecule has 0 N–H and O–H groups in total. The first kappa shape index (κ1) is 28.8. The van der Waals surface area contributed by atoms with Crippen LogP contribution < -0.4 is 0 Å². The maximum Gasteiger partial charge on any atom is 0.160 e. The number of nitrogens with zero attached hydrogens (tertiary/aromatic N) is 3. The predicted molar refractivity (Wildman–Crippen MR) is 201 cm³/mol. The Morgan fingerprint density at radius 2 is 1.10 bits per heavy atom. The monoisotopic (exact) mass is 625 g/mol. The van der Waals surface area contributed by atoms with E-state index in [0.29, 0.717) is 11.4 Å². The van der Waals surface area contributed by atoms with Gasteiger partial charge in [0.15, 0.2) is 5.82 Å². The van der Waals surface area contributed by atoms with Crippen molar-refractivity contribution in [2.24, 2.45) is 0 Å². The lowest BCUT2D eigenvalue weighted by Gasteiger charge is -2.22. The summed E-state index contributed by atoms with van der Waals surface area (Å²) in [6.45, 7) is 4.66. The van der Waals surface area contributed by atoms with E-state index in [4.69, 9.17) is 9.97 Å². The minimum absolute atomic E-state index is 0.141. The van der Waals surface area contributed by atoms with Crippen LogP contribution in [0.1, 0.15) is 30.5 Å². The highest BCUT2D eigenvalue weighted by Crippen LogP contribution is 2.53. The van der Waals surface area contributed by atoms with Crippen molar-refractivity contribution in [3.8, 4) is 62.2 Å². The minimum Gasteiger partial charge on any atom is -0.228 e. The van der Waals surface area contributed by atoms with E-state index in [9.17, 15) is 5.26 Å². The summed E-state index contributed by atoms with van der Waals surface area (Å²) in [5.74, 6) is 0.706. The van der Waals surface area contributed by atoms with E-state index in [1.165, 1.54) is 33.0 Å². The number of aromatic nitrogens is 2. The second-order valence-electron chi connectivity index (χ2n) is 13.4. The molecule has 0 amide bonds. The zero-order chi connectivity index (χ0) is 33.1. The Bertz CT molecular complexity index is 2630. The smallest absolute Gasteiger partial charge is 0.160 e. The van der Waals surface area contributed by atoms with E-state index in [-0.39, 0.29) is 5.41 Å². The van der Waals surface area contributed by atoms with Crippen LogP contribution in [0, 0.1) is 11.3 Å². The van der Waals surface area contributed by atoms with Crippen molar-refractivity contribution in [2.45, 2.75) is 19.3 Å². The highest BCUT2D eigenvalue weighted by atomic mass is 14.9. The molecule has 3 nitrogen and oxygen atoms in total. The van der Waals surface area contributed by atoms with Crippen molar-refractivity contribution in [1.82, 2.24) is 9.97 Å². The maximum absolute atomic E-state index is 9.20. The molecule has 0 aliphatic heterocycles. The Balaban J connectivity index is 1.21. The van der Waals surface area contributed by atoms with Crippen LogP contribution in [0.4, 0.5) is 0 Å². The van der Waals surface area contributed by atoms with Crippen LogP contribution >= 0.6 is 0 Å². The molecule has 3 heteroatoms. The van der Waals surface area contributed by atoms with Gasteiger partial charge < -0.3 is 0 Å². The molecule has 0 atom stereocenters. The molecule has 1 aliphatic rings. The van der Waals surface area contributed by atoms with Crippen LogP contribution in [0.15, 0.2) is 152 Å². The lowest BCUT2D eigenvalue weighted by Crippen LogP contribution is -2.14. The summed E-state index contributed by atoms with van der Waals surface area (Å²) in [7, 11) is 0. The summed E-state index contributed by atoms with van der Waals surface area (Å²) in [6, 6.07) is 55.4. The van der Waals surface area contributed by atoms with E-state index in [2.05, 4.69) is 129 Å². The van der Waals surface area contributed by atoms with E-state index in [1.807, 2.05) is 42.5 Å². The highest BCUT2D eigenvalue weighted by Gasteiger charge is 2.37. The van der Waals surface area contributed by atoms with Crippen molar-refractivity contribution in [2.75, 3.05) is 0 Å². The average molecular weight is 626 g/mol. The summed E-state index contributed by atoms with van der Waals surface area (Å²) >= 11 is 0. The van der Waals surface area contributed by atoms with Gasteiger partial charge in [0.2, 0.25) is 0 Å². The minimum atomic E-state index is -0.141. The standard InChI is InChI=1S/C46H31N3/c1-46(2)40-14-8-13-38(44(40)39-25-32-11-6-7-12-33(32)26-41(39)46)43-27-42(48-45(49-43)31-9-4-3-5-10-31)37-22-21-35-23-34(19-20-36(35)24-37)30-17-15-29(28-47)16-18-30/h3-27H,1-2H3. The topological polar surface area (TPSA) is 49.6 Å². The SMILES string of the molecule is CC1(C)c2cc3ccccc3cc2-c2c(-c3cc(-c4ccc5cc(-c6ccc(C#N)cc6)ccc5c4)nc(-c4ccccc4)n3)cccc21. The van der Waals surface area contributed by atoms with Gasteiger partial charge in [-0.1, -0.05) is 123 Å². The normalized spacial score (nSPS) is 12.8. The molecule has 0 radical (unpaired) electrons. The molecular formula is C46H31N3. The molecule has 1 heterocycles. The zero-order valence-corrected chi connectivity index (χ0v) is 27.3. The van der Waals surface area contributed by atoms with Gasteiger partial charge in [-0.05, 0) is 97.4 Å². The predicted octanol–water partition coefficient (Wildman–Crippen LogP) is 11.6. The van der Waals surface area contributed by atoms with Gasteiger partial charge in [0.25, 0.3) is 0 Å². The fourth-order valence-corrected chi connectivity index (χ4v) is 7.46. The number of fused-ring (bicyclic) bond motifs is 5. The molecule has 230 valence electrons. The first-order chi connectivity index (χ1) is 24.0. The van der Waals surface area contributed by atoms with Crippen LogP contribution in [-0.2, 0) is 5.41 Å². The summed E-state index contributed by atoms with van der Waals surface area (Å²) in [4.78, 5) is 10.4. The Hall–Kier alpha value is -6.37. The van der Waals surface area contributed by atoms with Crippen LogP contribution in [0.3, 0.4) is 0 Å². The van der Waals surface area contributed by atoms with Gasteiger partial charge in [-0.2, -0.15) is 5.26 Å². The third-order valence-corrected chi connectivity index (χ3v) is 10.1. The Morgan fingerprint density at radius 3 is 1.86 bits per heavy atom. The Morgan fingerprint density at radius 1 is 0.469 bits per heavy atom. The van der Waals surface area contributed by atoms with Crippen LogP contribution in [0.5, 0.6) is 0 Å². The van der Waals surface area contributed by atoms with E-state index in [1.54, 1.807) is 0 Å². The largest absolute Gasteiger partial charge is 0.228 e. The molecule has 7 aromatic carbocycles.